The van der Waals surface area contributed by atoms with Gasteiger partial charge in [-0.05, 0) is 34.5 Å². The molecule has 1 amide bonds. The maximum atomic E-state index is 11.8. The number of para-hydroxylation sites is 1. The topological polar surface area (TPSA) is 90.8 Å². The number of β-amino-alcohol motifs (C(OH)–C–C–N with tert-alkyl or cyclic N) is 1. The number of benzene rings is 1. The lowest BCUT2D eigenvalue weighted by atomic mass is 10.2. The maximum Gasteiger partial charge on any atom is 0.237 e. The monoisotopic (exact) mass is 394 g/mol. The third-order valence-corrected chi connectivity index (χ3v) is 3.86. The Balaban J connectivity index is 0.00000242. The van der Waals surface area contributed by atoms with Crippen LogP contribution in [0.1, 0.15) is 6.42 Å². The summed E-state index contributed by atoms with van der Waals surface area (Å²) < 4.78 is 6.28. The van der Waals surface area contributed by atoms with Gasteiger partial charge in [-0.3, -0.25) is 4.79 Å². The predicted octanol–water partition coefficient (Wildman–Crippen LogP) is 0.450. The average Bonchev–Trinajstić information content (AvgIpc) is 2.90. The van der Waals surface area contributed by atoms with E-state index in [0.29, 0.717) is 18.7 Å². The average molecular weight is 396 g/mol. The van der Waals surface area contributed by atoms with Crippen molar-refractivity contribution in [1.82, 2.24) is 10.6 Å². The first-order valence-electron chi connectivity index (χ1n) is 6.81. The molecule has 0 aliphatic carbocycles. The Hall–Kier alpha value is -0.860. The van der Waals surface area contributed by atoms with E-state index in [9.17, 15) is 15.0 Å². The molecule has 2 rings (SSSR count). The molecular weight excluding hydrogens is 376 g/mol. The Morgan fingerprint density at radius 3 is 2.86 bits per heavy atom. The van der Waals surface area contributed by atoms with Crippen LogP contribution in [0.15, 0.2) is 28.7 Å². The largest absolute Gasteiger partial charge is 0.490 e. The molecule has 1 aliphatic rings. The molecule has 1 heterocycles. The van der Waals surface area contributed by atoms with Crippen molar-refractivity contribution in [2.75, 3.05) is 19.7 Å². The van der Waals surface area contributed by atoms with E-state index >= 15 is 0 Å². The van der Waals surface area contributed by atoms with Crippen molar-refractivity contribution in [3.8, 4) is 5.75 Å². The molecule has 8 heteroatoms. The number of aliphatic hydroxyl groups is 2. The number of hydrogen-bond donors (Lipinski definition) is 4. The van der Waals surface area contributed by atoms with Crippen molar-refractivity contribution in [3.05, 3.63) is 28.7 Å². The van der Waals surface area contributed by atoms with E-state index in [-0.39, 0.29) is 31.5 Å². The summed E-state index contributed by atoms with van der Waals surface area (Å²) in [7, 11) is 0. The van der Waals surface area contributed by atoms with Crippen LogP contribution in [0.25, 0.3) is 0 Å². The fourth-order valence-corrected chi connectivity index (χ4v) is 2.46. The molecule has 1 fully saturated rings. The SMILES string of the molecule is Cl.O=C(NCC(O)COc1ccccc1Br)C1CC(O)CN1. The van der Waals surface area contributed by atoms with E-state index < -0.39 is 18.2 Å². The molecule has 0 aromatic heterocycles. The van der Waals surface area contributed by atoms with Gasteiger partial charge >= 0.3 is 0 Å². The van der Waals surface area contributed by atoms with Gasteiger partial charge in [-0.25, -0.2) is 0 Å². The molecule has 0 spiro atoms. The molecule has 3 unspecified atom stereocenters. The van der Waals surface area contributed by atoms with Gasteiger partial charge in [-0.2, -0.15) is 0 Å². The number of nitrogens with one attached hydrogen (secondary N) is 2. The highest BCUT2D eigenvalue weighted by molar-refractivity contribution is 9.10. The van der Waals surface area contributed by atoms with Crippen molar-refractivity contribution < 1.29 is 19.7 Å². The van der Waals surface area contributed by atoms with E-state index in [1.54, 1.807) is 6.07 Å². The zero-order valence-corrected chi connectivity index (χ0v) is 14.3. The molecule has 4 N–H and O–H groups in total. The van der Waals surface area contributed by atoms with Crippen LogP contribution in [0.5, 0.6) is 5.75 Å². The van der Waals surface area contributed by atoms with Crippen molar-refractivity contribution in [2.24, 2.45) is 0 Å². The Labute approximate surface area is 143 Å². The highest BCUT2D eigenvalue weighted by Gasteiger charge is 2.28. The number of carbonyl (C=O) groups excluding carboxylic acids is 1. The van der Waals surface area contributed by atoms with Crippen molar-refractivity contribution in [1.29, 1.82) is 0 Å². The predicted molar refractivity (Wildman–Crippen MR) is 88.3 cm³/mol. The second-order valence-corrected chi connectivity index (χ2v) is 5.85. The maximum absolute atomic E-state index is 11.8. The molecule has 124 valence electrons. The normalized spacial score (nSPS) is 21.8. The lowest BCUT2D eigenvalue weighted by Crippen LogP contribution is -2.44. The third kappa shape index (κ3) is 5.73. The van der Waals surface area contributed by atoms with Crippen molar-refractivity contribution >= 4 is 34.2 Å². The first kappa shape index (κ1) is 19.2. The highest BCUT2D eigenvalue weighted by Crippen LogP contribution is 2.23. The minimum Gasteiger partial charge on any atom is -0.490 e. The van der Waals surface area contributed by atoms with Crippen LogP contribution >= 0.6 is 28.3 Å². The van der Waals surface area contributed by atoms with Crippen molar-refractivity contribution in [3.63, 3.8) is 0 Å². The molecule has 22 heavy (non-hydrogen) atoms. The molecule has 1 aliphatic heterocycles. The van der Waals surface area contributed by atoms with Crippen LogP contribution in [0.3, 0.4) is 0 Å². The van der Waals surface area contributed by atoms with Gasteiger partial charge in [0.15, 0.2) is 0 Å². The van der Waals surface area contributed by atoms with E-state index in [2.05, 4.69) is 26.6 Å². The van der Waals surface area contributed by atoms with Gasteiger partial charge in [0.2, 0.25) is 5.91 Å². The van der Waals surface area contributed by atoms with E-state index in [1.807, 2.05) is 18.2 Å². The summed E-state index contributed by atoms with van der Waals surface area (Å²) in [5.41, 5.74) is 0. The molecule has 6 nitrogen and oxygen atoms in total. The Morgan fingerprint density at radius 2 is 2.23 bits per heavy atom. The van der Waals surface area contributed by atoms with E-state index in [4.69, 9.17) is 4.74 Å². The fraction of sp³-hybridized carbons (Fsp3) is 0.500. The number of amides is 1. The fourth-order valence-electron chi connectivity index (χ4n) is 2.07. The molecule has 1 saturated heterocycles. The lowest BCUT2D eigenvalue weighted by Gasteiger charge is -2.16. The van der Waals surface area contributed by atoms with Crippen molar-refractivity contribution in [2.45, 2.75) is 24.7 Å². The van der Waals surface area contributed by atoms with Gasteiger partial charge in [-0.15, -0.1) is 12.4 Å². The minimum absolute atomic E-state index is 0. The van der Waals surface area contributed by atoms with Gasteiger partial charge in [0.1, 0.15) is 18.5 Å². The molecule has 1 aromatic carbocycles. The summed E-state index contributed by atoms with van der Waals surface area (Å²) in [4.78, 5) is 11.8. The Morgan fingerprint density at radius 1 is 1.50 bits per heavy atom. The van der Waals surface area contributed by atoms with Gasteiger partial charge in [0.05, 0.1) is 16.6 Å². The standard InChI is InChI=1S/C14H19BrN2O4.ClH/c15-11-3-1-2-4-13(11)21-8-10(19)7-17-14(20)12-5-9(18)6-16-12;/h1-4,9-10,12,16,18-19H,5-8H2,(H,17,20);1H. The summed E-state index contributed by atoms with van der Waals surface area (Å²) in [5, 5.41) is 24.7. The highest BCUT2D eigenvalue weighted by atomic mass is 79.9. The molecule has 1 aromatic rings. The van der Waals surface area contributed by atoms with Crippen LogP contribution in [0.4, 0.5) is 0 Å². The van der Waals surface area contributed by atoms with Crippen LogP contribution < -0.4 is 15.4 Å². The molecule has 0 bridgehead atoms. The van der Waals surface area contributed by atoms with E-state index in [1.165, 1.54) is 0 Å². The lowest BCUT2D eigenvalue weighted by molar-refractivity contribution is -0.123. The molecular formula is C14H20BrClN2O4. The summed E-state index contributed by atoms with van der Waals surface area (Å²) in [6.07, 6.45) is -0.883. The number of halogens is 2. The molecule has 0 radical (unpaired) electrons. The van der Waals surface area contributed by atoms with E-state index in [0.717, 1.165) is 4.47 Å². The minimum atomic E-state index is -0.799. The first-order valence-corrected chi connectivity index (χ1v) is 7.60. The van der Waals surface area contributed by atoms with Gasteiger partial charge in [0.25, 0.3) is 0 Å². The number of rotatable bonds is 6. The van der Waals surface area contributed by atoms with Crippen LogP contribution in [0, 0.1) is 0 Å². The zero-order chi connectivity index (χ0) is 15.2. The van der Waals surface area contributed by atoms with Gasteiger partial charge in [0, 0.05) is 13.1 Å². The van der Waals surface area contributed by atoms with Crippen LogP contribution in [-0.2, 0) is 4.79 Å². The Kier molecular flexibility index (Phi) is 8.13. The summed E-state index contributed by atoms with van der Waals surface area (Å²) >= 11 is 3.35. The number of hydrogen-bond acceptors (Lipinski definition) is 5. The zero-order valence-electron chi connectivity index (χ0n) is 11.9. The number of carbonyl (C=O) groups is 1. The number of aliphatic hydroxyl groups excluding tert-OH is 2. The summed E-state index contributed by atoms with van der Waals surface area (Å²) in [5.74, 6) is 0.426. The summed E-state index contributed by atoms with van der Waals surface area (Å²) in [6.45, 7) is 0.618. The molecule has 3 atom stereocenters. The van der Waals surface area contributed by atoms with Crippen LogP contribution in [0.2, 0.25) is 0 Å². The molecule has 0 saturated carbocycles. The van der Waals surface area contributed by atoms with Gasteiger partial charge < -0.3 is 25.6 Å². The van der Waals surface area contributed by atoms with Gasteiger partial charge in [-0.1, -0.05) is 12.1 Å². The quantitative estimate of drug-likeness (QED) is 0.561. The van der Waals surface area contributed by atoms with Crippen LogP contribution in [-0.4, -0.2) is 54.1 Å². The second kappa shape index (κ2) is 9.32. The Bertz CT molecular complexity index is 492. The number of ether oxygens (including phenoxy) is 1. The first-order chi connectivity index (χ1) is 10.1. The smallest absolute Gasteiger partial charge is 0.237 e. The third-order valence-electron chi connectivity index (χ3n) is 3.20. The second-order valence-electron chi connectivity index (χ2n) is 4.99. The summed E-state index contributed by atoms with van der Waals surface area (Å²) in [6, 6.07) is 6.96.